The highest BCUT2D eigenvalue weighted by molar-refractivity contribution is 5.76. The lowest BCUT2D eigenvalue weighted by Crippen LogP contribution is -2.69. The molecular formula is C30H44O6. The van der Waals surface area contributed by atoms with Crippen LogP contribution in [0.25, 0.3) is 0 Å². The van der Waals surface area contributed by atoms with Gasteiger partial charge in [0.2, 0.25) is 0 Å². The van der Waals surface area contributed by atoms with E-state index in [4.69, 9.17) is 4.74 Å². The SMILES string of the molecule is C=C(C)[C@@H]1CC[C@]2(C(=O)O)CC[C@]3(C)[C@H](C[C@H]4OC(=O)C[C@@H](O)[C@]5(C)[C@@H]4[C@@]3(C)CC[C@H]5C(=C)CO)[C@H]12. The Morgan fingerprint density at radius 3 is 2.39 bits per heavy atom. The second-order valence-corrected chi connectivity index (χ2v) is 13.7. The lowest BCUT2D eigenvalue weighted by molar-refractivity contribution is -0.260. The van der Waals surface area contributed by atoms with Gasteiger partial charge in [-0.15, -0.1) is 0 Å². The number of aliphatic carboxylic acids is 1. The van der Waals surface area contributed by atoms with Gasteiger partial charge in [-0.3, -0.25) is 9.59 Å². The van der Waals surface area contributed by atoms with E-state index in [0.717, 1.165) is 31.3 Å². The van der Waals surface area contributed by atoms with Crippen molar-refractivity contribution in [3.05, 3.63) is 24.3 Å². The predicted octanol–water partition coefficient (Wildman–Crippen LogP) is 4.74. The minimum absolute atomic E-state index is 0.0349. The van der Waals surface area contributed by atoms with E-state index in [2.05, 4.69) is 33.9 Å². The van der Waals surface area contributed by atoms with Crippen LogP contribution in [-0.4, -0.2) is 46.1 Å². The van der Waals surface area contributed by atoms with Crippen molar-refractivity contribution in [2.75, 3.05) is 6.61 Å². The van der Waals surface area contributed by atoms with Crippen molar-refractivity contribution in [2.24, 2.45) is 51.2 Å². The zero-order chi connectivity index (χ0) is 26.4. The van der Waals surface area contributed by atoms with Gasteiger partial charge < -0.3 is 20.1 Å². The summed E-state index contributed by atoms with van der Waals surface area (Å²) in [6, 6.07) is 0. The Morgan fingerprint density at radius 1 is 1.08 bits per heavy atom. The number of hydrogen-bond donors (Lipinski definition) is 3. The first-order chi connectivity index (χ1) is 16.8. The second-order valence-electron chi connectivity index (χ2n) is 13.7. The molecule has 0 aromatic rings. The van der Waals surface area contributed by atoms with E-state index in [1.165, 1.54) is 0 Å². The maximum atomic E-state index is 13.0. The van der Waals surface area contributed by atoms with Gasteiger partial charge in [0.05, 0.1) is 24.5 Å². The van der Waals surface area contributed by atoms with Crippen LogP contribution >= 0.6 is 0 Å². The van der Waals surface area contributed by atoms with Crippen LogP contribution in [-0.2, 0) is 14.3 Å². The number of aliphatic hydroxyl groups excluding tert-OH is 2. The average Bonchev–Trinajstić information content (AvgIpc) is 3.17. The second kappa shape index (κ2) is 8.17. The molecule has 4 aliphatic carbocycles. The molecule has 36 heavy (non-hydrogen) atoms. The number of carbonyl (C=O) groups is 2. The molecule has 0 spiro atoms. The van der Waals surface area contributed by atoms with Crippen molar-refractivity contribution in [2.45, 2.75) is 91.3 Å². The lowest BCUT2D eigenvalue weighted by atomic mass is 9.33. The molecule has 1 heterocycles. The zero-order valence-electron chi connectivity index (χ0n) is 22.4. The van der Waals surface area contributed by atoms with Crippen LogP contribution in [0.3, 0.4) is 0 Å². The minimum Gasteiger partial charge on any atom is -0.481 e. The molecule has 6 heteroatoms. The third kappa shape index (κ3) is 3.03. The smallest absolute Gasteiger partial charge is 0.309 e. The predicted molar refractivity (Wildman–Crippen MR) is 136 cm³/mol. The molecule has 0 aromatic carbocycles. The number of hydrogen-bond acceptors (Lipinski definition) is 5. The molecular weight excluding hydrogens is 456 g/mol. The lowest BCUT2D eigenvalue weighted by Gasteiger charge is -2.71. The maximum absolute atomic E-state index is 13.0. The molecule has 0 radical (unpaired) electrons. The number of esters is 1. The van der Waals surface area contributed by atoms with Crippen LogP contribution in [0.5, 0.6) is 0 Å². The molecule has 5 aliphatic rings. The number of aliphatic hydroxyl groups is 2. The van der Waals surface area contributed by atoms with Gasteiger partial charge in [0, 0.05) is 11.3 Å². The topological polar surface area (TPSA) is 104 Å². The number of allylic oxidation sites excluding steroid dienone is 1. The van der Waals surface area contributed by atoms with Crippen molar-refractivity contribution >= 4 is 11.9 Å². The highest BCUT2D eigenvalue weighted by Gasteiger charge is 2.74. The summed E-state index contributed by atoms with van der Waals surface area (Å²) in [6.45, 7) is 17.1. The Labute approximate surface area is 215 Å². The van der Waals surface area contributed by atoms with Gasteiger partial charge in [-0.1, -0.05) is 39.5 Å². The van der Waals surface area contributed by atoms with Crippen LogP contribution in [0.2, 0.25) is 0 Å². The molecule has 3 N–H and O–H groups in total. The van der Waals surface area contributed by atoms with Gasteiger partial charge in [0.1, 0.15) is 6.10 Å². The van der Waals surface area contributed by atoms with Crippen molar-refractivity contribution in [3.63, 3.8) is 0 Å². The van der Waals surface area contributed by atoms with Crippen molar-refractivity contribution in [1.82, 2.24) is 0 Å². The minimum atomic E-state index is -0.885. The Bertz CT molecular complexity index is 1000. The number of ether oxygens (including phenoxy) is 1. The van der Waals surface area contributed by atoms with E-state index in [-0.39, 0.29) is 59.4 Å². The first-order valence-electron chi connectivity index (χ1n) is 13.8. The zero-order valence-corrected chi connectivity index (χ0v) is 22.4. The van der Waals surface area contributed by atoms with Gasteiger partial charge in [-0.2, -0.15) is 0 Å². The van der Waals surface area contributed by atoms with Gasteiger partial charge in [-0.05, 0) is 91.9 Å². The molecule has 0 amide bonds. The molecule has 1 saturated heterocycles. The summed E-state index contributed by atoms with van der Waals surface area (Å²) < 4.78 is 6.18. The van der Waals surface area contributed by atoms with E-state index in [1.54, 1.807) is 0 Å². The van der Waals surface area contributed by atoms with Crippen LogP contribution in [0.4, 0.5) is 0 Å². The van der Waals surface area contributed by atoms with E-state index in [9.17, 15) is 24.9 Å². The van der Waals surface area contributed by atoms with E-state index in [1.807, 2.05) is 6.92 Å². The summed E-state index contributed by atoms with van der Waals surface area (Å²) in [5.74, 6) is -1.08. The van der Waals surface area contributed by atoms with Crippen LogP contribution in [0.1, 0.15) is 79.1 Å². The Morgan fingerprint density at radius 2 is 1.78 bits per heavy atom. The van der Waals surface area contributed by atoms with E-state index >= 15 is 0 Å². The summed E-state index contributed by atoms with van der Waals surface area (Å²) in [6.07, 6.45) is 3.92. The molecule has 4 saturated carbocycles. The van der Waals surface area contributed by atoms with E-state index in [0.29, 0.717) is 24.8 Å². The maximum Gasteiger partial charge on any atom is 0.309 e. The Kier molecular flexibility index (Phi) is 5.89. The molecule has 11 atom stereocenters. The fourth-order valence-corrected chi connectivity index (χ4v) is 10.7. The van der Waals surface area contributed by atoms with E-state index < -0.39 is 29.0 Å². The molecule has 0 bridgehead atoms. The molecule has 5 rings (SSSR count). The number of carbonyl (C=O) groups excluding carboxylic acids is 1. The standard InChI is InChI=1S/C30H44O6/c1-16(2)18-7-10-30(26(34)35)12-11-27(4)20(24(18)30)13-21-25-28(27,5)9-8-19(17(3)15-31)29(25,6)22(32)14-23(33)36-21/h18-22,24-25,31-32H,1,3,7-15H2,2,4-6H3,(H,34,35)/t18-,19-,20+,21+,22+,24-,25-,27+,28+,29+,30-/m0/s1. The first-order valence-corrected chi connectivity index (χ1v) is 13.8. The molecule has 6 nitrogen and oxygen atoms in total. The number of carboxylic acid groups (broad SMARTS) is 1. The van der Waals surface area contributed by atoms with Gasteiger partial charge in [0.15, 0.2) is 0 Å². The van der Waals surface area contributed by atoms with Crippen LogP contribution < -0.4 is 0 Å². The molecule has 0 unspecified atom stereocenters. The fraction of sp³-hybridized carbons (Fsp3) is 0.800. The molecule has 5 fully saturated rings. The summed E-state index contributed by atoms with van der Waals surface area (Å²) in [5, 5.41) is 32.1. The van der Waals surface area contributed by atoms with Gasteiger partial charge in [-0.25, -0.2) is 0 Å². The number of carboxylic acids is 1. The Hall–Kier alpha value is -1.66. The fourth-order valence-electron chi connectivity index (χ4n) is 10.7. The number of rotatable bonds is 4. The summed E-state index contributed by atoms with van der Waals surface area (Å²) >= 11 is 0. The highest BCUT2D eigenvalue weighted by atomic mass is 16.5. The summed E-state index contributed by atoms with van der Waals surface area (Å²) in [5.41, 5.74) is -0.0790. The Balaban J connectivity index is 1.69. The van der Waals surface area contributed by atoms with Crippen molar-refractivity contribution < 1.29 is 29.6 Å². The number of fused-ring (bicyclic) bond motifs is 4. The average molecular weight is 501 g/mol. The van der Waals surface area contributed by atoms with Crippen LogP contribution in [0, 0.1) is 51.2 Å². The van der Waals surface area contributed by atoms with Gasteiger partial charge in [0.25, 0.3) is 0 Å². The third-order valence-corrected chi connectivity index (χ3v) is 12.7. The molecule has 0 aromatic heterocycles. The monoisotopic (exact) mass is 500 g/mol. The largest absolute Gasteiger partial charge is 0.481 e. The summed E-state index contributed by atoms with van der Waals surface area (Å²) in [4.78, 5) is 25.8. The van der Waals surface area contributed by atoms with Crippen LogP contribution in [0.15, 0.2) is 24.3 Å². The molecule has 1 aliphatic heterocycles. The van der Waals surface area contributed by atoms with Crippen molar-refractivity contribution in [3.8, 4) is 0 Å². The molecule has 200 valence electrons. The van der Waals surface area contributed by atoms with Gasteiger partial charge >= 0.3 is 11.9 Å². The highest BCUT2D eigenvalue weighted by Crippen LogP contribution is 2.76. The van der Waals surface area contributed by atoms with Crippen molar-refractivity contribution in [1.29, 1.82) is 0 Å². The quantitative estimate of drug-likeness (QED) is 0.380. The summed E-state index contributed by atoms with van der Waals surface area (Å²) in [7, 11) is 0. The third-order valence-electron chi connectivity index (χ3n) is 12.7. The first kappa shape index (κ1) is 26.0. The normalized spacial score (nSPS) is 51.7.